The Morgan fingerprint density at radius 3 is 2.91 bits per heavy atom. The zero-order valence-corrected chi connectivity index (χ0v) is 13.9. The molecule has 0 aromatic heterocycles. The second kappa shape index (κ2) is 7.90. The Kier molecular flexibility index (Phi) is 5.65. The molecule has 0 aliphatic carbocycles. The number of hydrogen-bond acceptors (Lipinski definition) is 4. The van der Waals surface area contributed by atoms with Crippen molar-refractivity contribution in [3.8, 4) is 0 Å². The molecule has 23 heavy (non-hydrogen) atoms. The molecule has 3 rings (SSSR count). The van der Waals surface area contributed by atoms with E-state index in [4.69, 9.17) is 4.74 Å². The fourth-order valence-corrected chi connectivity index (χ4v) is 3.41. The van der Waals surface area contributed by atoms with Gasteiger partial charge in [0.15, 0.2) is 0 Å². The lowest BCUT2D eigenvalue weighted by Gasteiger charge is -2.37. The maximum Gasteiger partial charge on any atom is 0.225 e. The number of ether oxygens (including phenoxy) is 1. The highest BCUT2D eigenvalue weighted by molar-refractivity contribution is 5.77. The van der Waals surface area contributed by atoms with Crippen LogP contribution >= 0.6 is 0 Å². The lowest BCUT2D eigenvalue weighted by molar-refractivity contribution is -0.139. The Morgan fingerprint density at radius 1 is 1.30 bits per heavy atom. The molecule has 1 amide bonds. The van der Waals surface area contributed by atoms with Crippen molar-refractivity contribution in [1.29, 1.82) is 0 Å². The number of nitrogens with zero attached hydrogens (tertiary/aromatic N) is 2. The average molecular weight is 317 g/mol. The van der Waals surface area contributed by atoms with Gasteiger partial charge in [-0.2, -0.15) is 0 Å². The third kappa shape index (κ3) is 4.53. The van der Waals surface area contributed by atoms with Crippen LogP contribution in [0.5, 0.6) is 0 Å². The first-order valence-corrected chi connectivity index (χ1v) is 8.60. The maximum absolute atomic E-state index is 12.5. The van der Waals surface area contributed by atoms with Crippen LogP contribution in [0, 0.1) is 0 Å². The third-order valence-electron chi connectivity index (χ3n) is 4.70. The van der Waals surface area contributed by atoms with Crippen molar-refractivity contribution < 1.29 is 9.53 Å². The molecule has 1 aromatic carbocycles. The van der Waals surface area contributed by atoms with Gasteiger partial charge in [-0.15, -0.1) is 0 Å². The van der Waals surface area contributed by atoms with E-state index in [1.165, 1.54) is 5.56 Å². The van der Waals surface area contributed by atoms with Crippen molar-refractivity contribution in [2.24, 2.45) is 0 Å². The van der Waals surface area contributed by atoms with Gasteiger partial charge in [0.1, 0.15) is 0 Å². The van der Waals surface area contributed by atoms with E-state index in [-0.39, 0.29) is 18.1 Å². The summed E-state index contributed by atoms with van der Waals surface area (Å²) in [6.07, 6.45) is 0.511. The van der Waals surface area contributed by atoms with Gasteiger partial charge in [0.25, 0.3) is 0 Å². The molecule has 126 valence electrons. The monoisotopic (exact) mass is 317 g/mol. The predicted octanol–water partition coefficient (Wildman–Crippen LogP) is 1.10. The number of carbonyl (C=O) groups excluding carboxylic acids is 1. The molecular weight excluding hydrogens is 290 g/mol. The lowest BCUT2D eigenvalue weighted by atomic mass is 10.1. The number of benzene rings is 1. The Labute approximate surface area is 138 Å². The van der Waals surface area contributed by atoms with Crippen LogP contribution in [0.15, 0.2) is 30.3 Å². The normalized spacial score (nSPS) is 26.2. The van der Waals surface area contributed by atoms with E-state index in [0.29, 0.717) is 13.0 Å². The van der Waals surface area contributed by atoms with Gasteiger partial charge in [-0.05, 0) is 12.5 Å². The van der Waals surface area contributed by atoms with Gasteiger partial charge in [0.2, 0.25) is 5.91 Å². The largest absolute Gasteiger partial charge is 0.375 e. The fraction of sp³-hybridized carbons (Fsp3) is 0.611. The molecule has 1 aromatic rings. The number of morpholine rings is 1. The van der Waals surface area contributed by atoms with E-state index in [1.54, 1.807) is 0 Å². The van der Waals surface area contributed by atoms with E-state index < -0.39 is 0 Å². The first-order valence-electron chi connectivity index (χ1n) is 8.60. The first kappa shape index (κ1) is 16.4. The topological polar surface area (TPSA) is 44.8 Å². The smallest absolute Gasteiger partial charge is 0.225 e. The molecule has 1 N–H and O–H groups in total. The van der Waals surface area contributed by atoms with E-state index in [0.717, 1.165) is 39.3 Å². The standard InChI is InChI=1S/C18H27N3O2/c1-15-12-19-7-8-21(15)18(22)11-17-14-20(9-10-23-17)13-16-5-3-2-4-6-16/h2-6,15,17,19H,7-14H2,1H3/t15-,17?/m0/s1. The van der Waals surface area contributed by atoms with Gasteiger partial charge < -0.3 is 15.0 Å². The highest BCUT2D eigenvalue weighted by Crippen LogP contribution is 2.15. The zero-order valence-electron chi connectivity index (χ0n) is 13.9. The Bertz CT molecular complexity index is 508. The summed E-state index contributed by atoms with van der Waals surface area (Å²) in [5, 5.41) is 3.32. The summed E-state index contributed by atoms with van der Waals surface area (Å²) < 4.78 is 5.84. The SMILES string of the molecule is C[C@H]1CNCCN1C(=O)CC1CN(Cc2ccccc2)CCO1. The van der Waals surface area contributed by atoms with Gasteiger partial charge in [0.05, 0.1) is 19.1 Å². The van der Waals surface area contributed by atoms with Crippen LogP contribution in [0.25, 0.3) is 0 Å². The molecule has 0 saturated carbocycles. The van der Waals surface area contributed by atoms with Crippen LogP contribution in [-0.4, -0.2) is 67.2 Å². The van der Waals surface area contributed by atoms with Gasteiger partial charge in [-0.1, -0.05) is 30.3 Å². The molecule has 5 nitrogen and oxygen atoms in total. The van der Waals surface area contributed by atoms with E-state index in [1.807, 2.05) is 11.0 Å². The van der Waals surface area contributed by atoms with Crippen molar-refractivity contribution in [3.63, 3.8) is 0 Å². The maximum atomic E-state index is 12.5. The van der Waals surface area contributed by atoms with E-state index >= 15 is 0 Å². The van der Waals surface area contributed by atoms with Crippen molar-refractivity contribution in [2.75, 3.05) is 39.3 Å². The van der Waals surface area contributed by atoms with Gasteiger partial charge >= 0.3 is 0 Å². The number of nitrogens with one attached hydrogen (secondary N) is 1. The minimum Gasteiger partial charge on any atom is -0.375 e. The molecule has 1 unspecified atom stereocenters. The van der Waals surface area contributed by atoms with Gasteiger partial charge in [0, 0.05) is 45.3 Å². The van der Waals surface area contributed by atoms with E-state index in [2.05, 4.69) is 41.4 Å². The van der Waals surface area contributed by atoms with Crippen LogP contribution in [0.1, 0.15) is 18.9 Å². The lowest BCUT2D eigenvalue weighted by Crippen LogP contribution is -2.53. The number of piperazine rings is 1. The molecule has 5 heteroatoms. The minimum atomic E-state index is 0.0158. The summed E-state index contributed by atoms with van der Waals surface area (Å²) in [5.41, 5.74) is 1.32. The van der Waals surface area contributed by atoms with Crippen LogP contribution in [0.4, 0.5) is 0 Å². The Morgan fingerprint density at radius 2 is 2.13 bits per heavy atom. The van der Waals surface area contributed by atoms with Crippen LogP contribution in [0.2, 0.25) is 0 Å². The van der Waals surface area contributed by atoms with Crippen LogP contribution < -0.4 is 5.32 Å². The number of rotatable bonds is 4. The van der Waals surface area contributed by atoms with Crippen LogP contribution in [-0.2, 0) is 16.1 Å². The van der Waals surface area contributed by atoms with Crippen molar-refractivity contribution in [3.05, 3.63) is 35.9 Å². The second-order valence-electron chi connectivity index (χ2n) is 6.56. The summed E-state index contributed by atoms with van der Waals surface area (Å²) in [7, 11) is 0. The summed E-state index contributed by atoms with van der Waals surface area (Å²) in [4.78, 5) is 16.9. The van der Waals surface area contributed by atoms with Gasteiger partial charge in [-0.25, -0.2) is 0 Å². The molecule has 2 aliphatic rings. The summed E-state index contributed by atoms with van der Waals surface area (Å²) >= 11 is 0. The van der Waals surface area contributed by atoms with Crippen molar-refractivity contribution in [1.82, 2.24) is 15.1 Å². The molecule has 2 saturated heterocycles. The molecule has 0 radical (unpaired) electrons. The number of carbonyl (C=O) groups is 1. The molecule has 0 spiro atoms. The Balaban J connectivity index is 1.51. The fourth-order valence-electron chi connectivity index (χ4n) is 3.41. The highest BCUT2D eigenvalue weighted by Gasteiger charge is 2.28. The van der Waals surface area contributed by atoms with Crippen molar-refractivity contribution in [2.45, 2.75) is 32.0 Å². The second-order valence-corrected chi connectivity index (χ2v) is 6.56. The molecule has 2 heterocycles. The summed E-state index contributed by atoms with van der Waals surface area (Å²) in [6.45, 7) is 8.10. The summed E-state index contributed by atoms with van der Waals surface area (Å²) in [5.74, 6) is 0.227. The highest BCUT2D eigenvalue weighted by atomic mass is 16.5. The molecular formula is C18H27N3O2. The van der Waals surface area contributed by atoms with E-state index in [9.17, 15) is 4.79 Å². The van der Waals surface area contributed by atoms with Gasteiger partial charge in [-0.3, -0.25) is 9.69 Å². The average Bonchev–Trinajstić information content (AvgIpc) is 2.56. The van der Waals surface area contributed by atoms with Crippen LogP contribution in [0.3, 0.4) is 0 Å². The third-order valence-corrected chi connectivity index (χ3v) is 4.70. The van der Waals surface area contributed by atoms with Crippen molar-refractivity contribution >= 4 is 5.91 Å². The zero-order chi connectivity index (χ0) is 16.1. The molecule has 2 aliphatic heterocycles. The predicted molar refractivity (Wildman–Crippen MR) is 90.1 cm³/mol. The summed E-state index contributed by atoms with van der Waals surface area (Å²) in [6, 6.07) is 10.8. The molecule has 0 bridgehead atoms. The Hall–Kier alpha value is -1.43. The molecule has 2 fully saturated rings. The minimum absolute atomic E-state index is 0.0158. The number of hydrogen-bond donors (Lipinski definition) is 1. The molecule has 2 atom stereocenters. The first-order chi connectivity index (χ1) is 11.2. The number of amides is 1. The quantitative estimate of drug-likeness (QED) is 0.903.